The van der Waals surface area contributed by atoms with Gasteiger partial charge >= 0.3 is 0 Å². The lowest BCUT2D eigenvalue weighted by Crippen LogP contribution is -2.50. The van der Waals surface area contributed by atoms with Gasteiger partial charge in [-0.3, -0.25) is 9.59 Å². The average molecular weight is 261 g/mol. The first-order valence-electron chi connectivity index (χ1n) is 6.73. The van der Waals surface area contributed by atoms with E-state index in [0.29, 0.717) is 19.3 Å². The molecule has 0 aromatic heterocycles. The minimum Gasteiger partial charge on any atom is -0.332 e. The highest BCUT2D eigenvalue weighted by atomic mass is 19.1. The summed E-state index contributed by atoms with van der Waals surface area (Å²) in [4.78, 5) is 25.8. The molecule has 0 spiro atoms. The van der Waals surface area contributed by atoms with Gasteiger partial charge in [-0.15, -0.1) is 0 Å². The quantitative estimate of drug-likeness (QED) is 0.779. The van der Waals surface area contributed by atoms with Gasteiger partial charge in [0.15, 0.2) is 0 Å². The van der Waals surface area contributed by atoms with Crippen LogP contribution in [0.15, 0.2) is 24.3 Å². The van der Waals surface area contributed by atoms with E-state index in [1.54, 1.807) is 12.1 Å². The van der Waals surface area contributed by atoms with Gasteiger partial charge in [0.1, 0.15) is 11.6 Å². The third-order valence-electron chi connectivity index (χ3n) is 4.08. The molecule has 0 aliphatic carbocycles. The molecule has 4 heteroatoms. The molecule has 100 valence electrons. The van der Waals surface area contributed by atoms with E-state index in [4.69, 9.17) is 0 Å². The van der Waals surface area contributed by atoms with Gasteiger partial charge in [-0.1, -0.05) is 12.1 Å². The molecule has 1 aromatic rings. The first-order valence-corrected chi connectivity index (χ1v) is 6.73. The minimum atomic E-state index is -0.299. The lowest BCUT2D eigenvalue weighted by Gasteiger charge is -2.44. The maximum Gasteiger partial charge on any atom is 0.223 e. The number of Topliss-reactive ketones (excluding diaryl/α,β-unsaturated/α-hetero) is 1. The molecule has 2 aliphatic rings. The Hall–Kier alpha value is -1.71. The third-order valence-corrected chi connectivity index (χ3v) is 4.08. The summed E-state index contributed by atoms with van der Waals surface area (Å²) in [6, 6.07) is 5.96. The highest BCUT2D eigenvalue weighted by Gasteiger charge is 2.40. The Bertz CT molecular complexity index is 511. The SMILES string of the molecule is O=C1C[C@@H]2CCCC(=O)N2[C@H](c2ccc(F)cc2)C1. The van der Waals surface area contributed by atoms with Crippen molar-refractivity contribution in [3.05, 3.63) is 35.6 Å². The molecule has 2 atom stereocenters. The van der Waals surface area contributed by atoms with Crippen LogP contribution in [0.5, 0.6) is 0 Å². The normalized spacial score (nSPS) is 27.3. The number of benzene rings is 1. The first-order chi connectivity index (χ1) is 9.15. The second-order valence-electron chi connectivity index (χ2n) is 5.36. The van der Waals surface area contributed by atoms with Crippen LogP contribution in [0.3, 0.4) is 0 Å². The van der Waals surface area contributed by atoms with Crippen molar-refractivity contribution in [3.63, 3.8) is 0 Å². The van der Waals surface area contributed by atoms with Crippen molar-refractivity contribution in [2.24, 2.45) is 0 Å². The fourth-order valence-electron chi connectivity index (χ4n) is 3.21. The molecule has 0 saturated carbocycles. The number of hydrogen-bond acceptors (Lipinski definition) is 2. The van der Waals surface area contributed by atoms with Crippen LogP contribution in [0.2, 0.25) is 0 Å². The molecule has 3 rings (SSSR count). The van der Waals surface area contributed by atoms with E-state index in [1.165, 1.54) is 12.1 Å². The Morgan fingerprint density at radius 2 is 1.84 bits per heavy atom. The van der Waals surface area contributed by atoms with E-state index in [1.807, 2.05) is 4.90 Å². The number of carbonyl (C=O) groups excluding carboxylic acids is 2. The van der Waals surface area contributed by atoms with Crippen molar-refractivity contribution >= 4 is 11.7 Å². The summed E-state index contributed by atoms with van der Waals surface area (Å²) in [5, 5.41) is 0. The largest absolute Gasteiger partial charge is 0.332 e. The van der Waals surface area contributed by atoms with Gasteiger partial charge in [-0.2, -0.15) is 0 Å². The highest BCUT2D eigenvalue weighted by Crippen LogP contribution is 2.37. The second kappa shape index (κ2) is 4.76. The van der Waals surface area contributed by atoms with Gasteiger partial charge in [-0.05, 0) is 30.5 Å². The Balaban J connectivity index is 1.94. The molecule has 2 aliphatic heterocycles. The number of carbonyl (C=O) groups is 2. The fourth-order valence-corrected chi connectivity index (χ4v) is 3.21. The second-order valence-corrected chi connectivity index (χ2v) is 5.36. The van der Waals surface area contributed by atoms with Crippen LogP contribution in [-0.4, -0.2) is 22.6 Å². The summed E-state index contributed by atoms with van der Waals surface area (Å²) < 4.78 is 13.0. The number of nitrogens with zero attached hydrogens (tertiary/aromatic N) is 1. The van der Waals surface area contributed by atoms with Crippen molar-refractivity contribution in [2.75, 3.05) is 0 Å². The van der Waals surface area contributed by atoms with Gasteiger partial charge in [0.05, 0.1) is 6.04 Å². The van der Waals surface area contributed by atoms with E-state index in [2.05, 4.69) is 0 Å². The zero-order valence-corrected chi connectivity index (χ0v) is 10.6. The van der Waals surface area contributed by atoms with Crippen LogP contribution < -0.4 is 0 Å². The third kappa shape index (κ3) is 2.27. The summed E-state index contributed by atoms with van der Waals surface area (Å²) in [5.41, 5.74) is 0.856. The summed E-state index contributed by atoms with van der Waals surface area (Å²) in [7, 11) is 0. The predicted octanol–water partition coefficient (Wildman–Crippen LogP) is 2.61. The lowest BCUT2D eigenvalue weighted by atomic mass is 9.85. The van der Waals surface area contributed by atoms with Gasteiger partial charge in [-0.25, -0.2) is 4.39 Å². The van der Waals surface area contributed by atoms with Gasteiger partial charge in [0.25, 0.3) is 0 Å². The van der Waals surface area contributed by atoms with E-state index in [0.717, 1.165) is 18.4 Å². The standard InChI is InChI=1S/C15H16FNO2/c16-11-6-4-10(5-7-11)14-9-13(18)8-12-2-1-3-15(19)17(12)14/h4-7,12,14H,1-3,8-9H2/t12-,14-/m0/s1. The molecule has 1 amide bonds. The molecule has 0 N–H and O–H groups in total. The predicted molar refractivity (Wildman–Crippen MR) is 67.9 cm³/mol. The van der Waals surface area contributed by atoms with Gasteiger partial charge < -0.3 is 4.90 Å². The van der Waals surface area contributed by atoms with Crippen molar-refractivity contribution in [2.45, 2.75) is 44.2 Å². The topological polar surface area (TPSA) is 37.4 Å². The molecule has 0 unspecified atom stereocenters. The van der Waals surface area contributed by atoms with E-state index in [-0.39, 0.29) is 29.6 Å². The van der Waals surface area contributed by atoms with E-state index in [9.17, 15) is 14.0 Å². The fraction of sp³-hybridized carbons (Fsp3) is 0.467. The van der Waals surface area contributed by atoms with Crippen LogP contribution in [0.4, 0.5) is 4.39 Å². The van der Waals surface area contributed by atoms with Crippen LogP contribution in [-0.2, 0) is 9.59 Å². The minimum absolute atomic E-state index is 0.0394. The molecule has 2 fully saturated rings. The maximum atomic E-state index is 13.0. The van der Waals surface area contributed by atoms with Crippen LogP contribution in [0, 0.1) is 5.82 Å². The molecule has 0 bridgehead atoms. The monoisotopic (exact) mass is 261 g/mol. The number of halogens is 1. The van der Waals surface area contributed by atoms with Crippen LogP contribution >= 0.6 is 0 Å². The molecule has 19 heavy (non-hydrogen) atoms. The summed E-state index contributed by atoms with van der Waals surface area (Å²) in [6.45, 7) is 0. The smallest absolute Gasteiger partial charge is 0.223 e. The summed E-state index contributed by atoms with van der Waals surface area (Å²) in [5.74, 6) is 0.0238. The number of piperidine rings is 2. The molecule has 2 saturated heterocycles. The Morgan fingerprint density at radius 3 is 2.58 bits per heavy atom. The summed E-state index contributed by atoms with van der Waals surface area (Å²) in [6.07, 6.45) is 3.15. The maximum absolute atomic E-state index is 13.0. The molecule has 1 aromatic carbocycles. The zero-order valence-electron chi connectivity index (χ0n) is 10.6. The van der Waals surface area contributed by atoms with Crippen molar-refractivity contribution < 1.29 is 14.0 Å². The van der Waals surface area contributed by atoms with Crippen LogP contribution in [0.25, 0.3) is 0 Å². The Morgan fingerprint density at radius 1 is 1.11 bits per heavy atom. The average Bonchev–Trinajstić information content (AvgIpc) is 2.38. The van der Waals surface area contributed by atoms with Crippen molar-refractivity contribution in [1.82, 2.24) is 4.90 Å². The Kier molecular flexibility index (Phi) is 3.09. The Labute approximate surface area is 111 Å². The molecule has 0 radical (unpaired) electrons. The molecule has 2 heterocycles. The number of fused-ring (bicyclic) bond motifs is 1. The number of rotatable bonds is 1. The first kappa shape index (κ1) is 12.3. The lowest BCUT2D eigenvalue weighted by molar-refractivity contribution is -0.145. The number of hydrogen-bond donors (Lipinski definition) is 0. The van der Waals surface area contributed by atoms with Crippen molar-refractivity contribution in [1.29, 1.82) is 0 Å². The molecular weight excluding hydrogens is 245 g/mol. The highest BCUT2D eigenvalue weighted by molar-refractivity contribution is 5.85. The van der Waals surface area contributed by atoms with Crippen molar-refractivity contribution in [3.8, 4) is 0 Å². The summed E-state index contributed by atoms with van der Waals surface area (Å²) >= 11 is 0. The van der Waals surface area contributed by atoms with Gasteiger partial charge in [0.2, 0.25) is 5.91 Å². The molecular formula is C15H16FNO2. The van der Waals surface area contributed by atoms with E-state index < -0.39 is 0 Å². The van der Waals surface area contributed by atoms with Crippen LogP contribution in [0.1, 0.15) is 43.7 Å². The zero-order chi connectivity index (χ0) is 13.4. The number of amides is 1. The number of ketones is 1. The van der Waals surface area contributed by atoms with Gasteiger partial charge in [0, 0.05) is 25.3 Å². The van der Waals surface area contributed by atoms with E-state index >= 15 is 0 Å². The molecule has 3 nitrogen and oxygen atoms in total.